The van der Waals surface area contributed by atoms with Crippen molar-refractivity contribution < 1.29 is 22.1 Å². The Morgan fingerprint density at radius 1 is 1.24 bits per heavy atom. The van der Waals surface area contributed by atoms with E-state index < -0.39 is 22.0 Å². The zero-order valence-electron chi connectivity index (χ0n) is 9.84. The first-order chi connectivity index (χ1) is 7.83. The molecule has 17 heavy (non-hydrogen) atoms. The number of benzene rings is 1. The number of hydrogen-bond acceptors (Lipinski definition) is 5. The van der Waals surface area contributed by atoms with Crippen LogP contribution in [0, 0.1) is 0 Å². The largest absolute Gasteiger partial charge is 0.497 e. The van der Waals surface area contributed by atoms with Crippen LogP contribution in [0.4, 0.5) is 0 Å². The molecule has 0 N–H and O–H groups in total. The van der Waals surface area contributed by atoms with E-state index in [0.29, 0.717) is 11.3 Å². The summed E-state index contributed by atoms with van der Waals surface area (Å²) in [5, 5.41) is 0. The summed E-state index contributed by atoms with van der Waals surface area (Å²) >= 11 is 0. The first-order valence-electron chi connectivity index (χ1n) is 4.90. The maximum Gasteiger partial charge on any atom is 0.265 e. The van der Waals surface area contributed by atoms with Crippen molar-refractivity contribution in [3.05, 3.63) is 29.8 Å². The topological polar surface area (TPSA) is 69.7 Å². The maximum atomic E-state index is 11.8. The Morgan fingerprint density at radius 2 is 1.76 bits per heavy atom. The lowest BCUT2D eigenvalue weighted by Gasteiger charge is -2.10. The van der Waals surface area contributed by atoms with E-state index in [9.17, 15) is 13.2 Å². The number of methoxy groups -OCH3 is 1. The molecule has 0 amide bonds. The highest BCUT2D eigenvalue weighted by Crippen LogP contribution is 2.14. The van der Waals surface area contributed by atoms with Crippen molar-refractivity contribution in [2.24, 2.45) is 0 Å². The summed E-state index contributed by atoms with van der Waals surface area (Å²) in [5.41, 5.74) is 0.377. The summed E-state index contributed by atoms with van der Waals surface area (Å²) in [6.07, 6.45) is -0.122. The number of carbonyl (C=O) groups excluding carboxylic acids is 1. The van der Waals surface area contributed by atoms with Crippen LogP contribution in [0.2, 0.25) is 0 Å². The molecule has 5 nitrogen and oxygen atoms in total. The molecule has 0 saturated carbocycles. The number of hydrogen-bond donors (Lipinski definition) is 0. The predicted octanol–water partition coefficient (Wildman–Crippen LogP) is 1.24. The molecule has 1 unspecified atom stereocenters. The smallest absolute Gasteiger partial charge is 0.265 e. The van der Waals surface area contributed by atoms with Gasteiger partial charge in [0.2, 0.25) is 0 Å². The van der Waals surface area contributed by atoms with Crippen LogP contribution in [0.1, 0.15) is 17.3 Å². The van der Waals surface area contributed by atoms with Gasteiger partial charge in [-0.1, -0.05) is 0 Å². The van der Waals surface area contributed by atoms with Gasteiger partial charge in [-0.2, -0.15) is 8.42 Å². The number of rotatable bonds is 5. The van der Waals surface area contributed by atoms with Crippen LogP contribution in [0.25, 0.3) is 0 Å². The van der Waals surface area contributed by atoms with E-state index in [-0.39, 0.29) is 0 Å². The molecule has 1 aromatic rings. The Morgan fingerprint density at radius 3 is 2.18 bits per heavy atom. The predicted molar refractivity (Wildman–Crippen MR) is 62.7 cm³/mol. The van der Waals surface area contributed by atoms with Crippen LogP contribution in [0.3, 0.4) is 0 Å². The van der Waals surface area contributed by atoms with Gasteiger partial charge in [0.05, 0.1) is 13.4 Å². The van der Waals surface area contributed by atoms with E-state index in [1.807, 2.05) is 0 Å². The average molecular weight is 258 g/mol. The van der Waals surface area contributed by atoms with Crippen LogP contribution in [-0.4, -0.2) is 33.7 Å². The molecule has 0 aromatic heterocycles. The Kier molecular flexibility index (Phi) is 4.25. The highest BCUT2D eigenvalue weighted by atomic mass is 32.2. The third kappa shape index (κ3) is 4.16. The van der Waals surface area contributed by atoms with Crippen molar-refractivity contribution in [2.45, 2.75) is 13.0 Å². The third-order valence-corrected chi connectivity index (χ3v) is 2.70. The Bertz CT molecular complexity index is 489. The second kappa shape index (κ2) is 5.29. The molecule has 94 valence electrons. The third-order valence-electron chi connectivity index (χ3n) is 2.06. The number of ketones is 1. The van der Waals surface area contributed by atoms with Crippen molar-refractivity contribution in [1.82, 2.24) is 0 Å². The van der Waals surface area contributed by atoms with Crippen molar-refractivity contribution in [1.29, 1.82) is 0 Å². The van der Waals surface area contributed by atoms with Crippen molar-refractivity contribution in [2.75, 3.05) is 13.4 Å². The quantitative estimate of drug-likeness (QED) is 0.587. The fraction of sp³-hybridized carbons (Fsp3) is 0.364. The molecule has 0 spiro atoms. The fourth-order valence-electron chi connectivity index (χ4n) is 1.30. The standard InChI is InChI=1S/C11H14O5S/c1-8(16-17(3,13)14)11(12)9-4-6-10(15-2)7-5-9/h4-8H,1-3H3. The fourth-order valence-corrected chi connectivity index (χ4v) is 1.91. The molecule has 0 aliphatic carbocycles. The van der Waals surface area contributed by atoms with E-state index in [4.69, 9.17) is 4.74 Å². The first-order valence-corrected chi connectivity index (χ1v) is 6.71. The molecule has 1 rings (SSSR count). The van der Waals surface area contributed by atoms with Gasteiger partial charge in [-0.15, -0.1) is 0 Å². The Hall–Kier alpha value is -1.40. The Balaban J connectivity index is 2.81. The number of carbonyl (C=O) groups is 1. The molecule has 0 aliphatic heterocycles. The first kappa shape index (κ1) is 13.7. The summed E-state index contributed by atoms with van der Waals surface area (Å²) in [6.45, 7) is 1.40. The lowest BCUT2D eigenvalue weighted by atomic mass is 10.1. The van der Waals surface area contributed by atoms with E-state index in [1.165, 1.54) is 14.0 Å². The van der Waals surface area contributed by atoms with Gasteiger partial charge in [0.25, 0.3) is 10.1 Å². The average Bonchev–Trinajstić information content (AvgIpc) is 2.26. The van der Waals surface area contributed by atoms with Gasteiger partial charge >= 0.3 is 0 Å². The van der Waals surface area contributed by atoms with Gasteiger partial charge in [0.15, 0.2) is 5.78 Å². The number of ether oxygens (including phenoxy) is 1. The molecule has 0 fully saturated rings. The lowest BCUT2D eigenvalue weighted by molar-refractivity contribution is 0.0827. The molecular weight excluding hydrogens is 244 g/mol. The van der Waals surface area contributed by atoms with Crippen molar-refractivity contribution in [3.8, 4) is 5.75 Å². The Labute approximate surface area is 100 Å². The lowest BCUT2D eigenvalue weighted by Crippen LogP contribution is -2.23. The molecule has 0 radical (unpaired) electrons. The minimum Gasteiger partial charge on any atom is -0.497 e. The van der Waals surface area contributed by atoms with Crippen LogP contribution >= 0.6 is 0 Å². The van der Waals surface area contributed by atoms with E-state index in [2.05, 4.69) is 4.18 Å². The highest BCUT2D eigenvalue weighted by Gasteiger charge is 2.20. The minimum atomic E-state index is -3.63. The number of Topliss-reactive ketones (excluding diaryl/α,β-unsaturated/α-hetero) is 1. The van der Waals surface area contributed by atoms with Crippen LogP contribution in [0.15, 0.2) is 24.3 Å². The van der Waals surface area contributed by atoms with Gasteiger partial charge in [-0.05, 0) is 31.2 Å². The molecule has 1 atom stereocenters. The van der Waals surface area contributed by atoms with Gasteiger partial charge < -0.3 is 4.74 Å². The summed E-state index contributed by atoms with van der Waals surface area (Å²) in [7, 11) is -2.11. The van der Waals surface area contributed by atoms with E-state index >= 15 is 0 Å². The molecule has 0 bridgehead atoms. The van der Waals surface area contributed by atoms with Crippen LogP contribution < -0.4 is 4.74 Å². The molecule has 0 heterocycles. The van der Waals surface area contributed by atoms with E-state index in [1.54, 1.807) is 24.3 Å². The van der Waals surface area contributed by atoms with Gasteiger partial charge in [0.1, 0.15) is 11.9 Å². The molecule has 1 aromatic carbocycles. The van der Waals surface area contributed by atoms with Gasteiger partial charge in [-0.3, -0.25) is 8.98 Å². The SMILES string of the molecule is COc1ccc(C(=O)C(C)OS(C)(=O)=O)cc1. The zero-order valence-corrected chi connectivity index (χ0v) is 10.7. The second-order valence-corrected chi connectivity index (χ2v) is 5.14. The van der Waals surface area contributed by atoms with Crippen LogP contribution in [0.5, 0.6) is 5.75 Å². The maximum absolute atomic E-state index is 11.8. The van der Waals surface area contributed by atoms with Crippen LogP contribution in [-0.2, 0) is 14.3 Å². The molecule has 0 aliphatic rings. The van der Waals surface area contributed by atoms with E-state index in [0.717, 1.165) is 6.26 Å². The molecule has 6 heteroatoms. The molecular formula is C11H14O5S. The summed E-state index contributed by atoms with van der Waals surface area (Å²) in [5.74, 6) is 0.233. The normalized spacial score (nSPS) is 13.1. The van der Waals surface area contributed by atoms with Crippen molar-refractivity contribution in [3.63, 3.8) is 0 Å². The van der Waals surface area contributed by atoms with Gasteiger partial charge in [-0.25, -0.2) is 0 Å². The monoisotopic (exact) mass is 258 g/mol. The zero-order chi connectivity index (χ0) is 13.1. The second-order valence-electron chi connectivity index (χ2n) is 3.54. The molecule has 0 saturated heterocycles. The van der Waals surface area contributed by atoms with Gasteiger partial charge in [0, 0.05) is 5.56 Å². The van der Waals surface area contributed by atoms with Crippen molar-refractivity contribution >= 4 is 15.9 Å². The summed E-state index contributed by atoms with van der Waals surface area (Å²) in [6, 6.07) is 6.37. The summed E-state index contributed by atoms with van der Waals surface area (Å²) in [4.78, 5) is 11.8. The minimum absolute atomic E-state index is 0.377. The highest BCUT2D eigenvalue weighted by molar-refractivity contribution is 7.86. The summed E-state index contributed by atoms with van der Waals surface area (Å²) < 4.78 is 31.3.